The van der Waals surface area contributed by atoms with Gasteiger partial charge in [0, 0.05) is 0 Å². The van der Waals surface area contributed by atoms with Gasteiger partial charge in [-0.2, -0.15) is 35.1 Å². The molecule has 0 bridgehead atoms. The van der Waals surface area contributed by atoms with Gasteiger partial charge in [-0.05, 0) is 12.8 Å². The number of halogens is 12. The molecule has 0 aliphatic rings. The molecule has 0 saturated carbocycles. The molecule has 1 N–H and O–H groups in total. The Balaban J connectivity index is -0.000000420. The number of carbonyl (C=O) groups is 2. The second-order valence-electron chi connectivity index (χ2n) is 6.37. The zero-order valence-electron chi connectivity index (χ0n) is 15.7. The number of hydrogen-bond acceptors (Lipinski definition) is 3. The van der Waals surface area contributed by atoms with Gasteiger partial charge in [-0.3, -0.25) is 14.3 Å². The molecule has 0 rings (SSSR count). The van der Waals surface area contributed by atoms with Crippen LogP contribution in [0.3, 0.4) is 0 Å². The van der Waals surface area contributed by atoms with Gasteiger partial charge in [-0.25, -0.2) is 13.2 Å². The molecular formula is C19H34F12O4. The van der Waals surface area contributed by atoms with E-state index in [2.05, 4.69) is 4.74 Å². The summed E-state index contributed by atoms with van der Waals surface area (Å²) in [5.41, 5.74) is 0. The Kier molecular flexibility index (Phi) is 21.2. The van der Waals surface area contributed by atoms with Crippen molar-refractivity contribution in [2.24, 2.45) is 11.8 Å². The van der Waals surface area contributed by atoms with Crippen LogP contribution in [0.2, 0.25) is 0 Å². The first-order valence-electron chi connectivity index (χ1n) is 8.11. The smallest absolute Gasteiger partial charge is 0.384 e. The van der Waals surface area contributed by atoms with Gasteiger partial charge >= 0.3 is 42.1 Å². The summed E-state index contributed by atoms with van der Waals surface area (Å²) in [6.45, 7) is 0.120. The van der Waals surface area contributed by atoms with Crippen LogP contribution in [-0.2, 0) is 14.3 Å². The second-order valence-corrected chi connectivity index (χ2v) is 6.37. The fraction of sp³-hybridized carbons (Fsp3) is 0.895. The van der Waals surface area contributed by atoms with Gasteiger partial charge in [0.05, 0.1) is 11.8 Å². The van der Waals surface area contributed by atoms with Crippen LogP contribution in [-0.4, -0.2) is 59.9 Å². The van der Waals surface area contributed by atoms with E-state index in [1.807, 2.05) is 0 Å². The van der Waals surface area contributed by atoms with Gasteiger partial charge in [-0.1, -0.05) is 43.6 Å². The first kappa shape index (κ1) is 46.4. The van der Waals surface area contributed by atoms with Gasteiger partial charge in [-0.15, -0.1) is 0 Å². The molecule has 3 unspecified atom stereocenters. The van der Waals surface area contributed by atoms with E-state index >= 15 is 0 Å². The summed E-state index contributed by atoms with van der Waals surface area (Å²) >= 11 is 0. The van der Waals surface area contributed by atoms with Crippen molar-refractivity contribution in [1.82, 2.24) is 0 Å². The Bertz CT molecular complexity index is 615. The molecule has 4 nitrogen and oxygen atoms in total. The van der Waals surface area contributed by atoms with Crippen LogP contribution in [0, 0.1) is 11.8 Å². The number of carboxylic acid groups (broad SMARTS) is 1. The first-order valence-corrected chi connectivity index (χ1v) is 8.11. The lowest BCUT2D eigenvalue weighted by Gasteiger charge is -2.37. The number of carboxylic acids is 1. The molecule has 0 heterocycles. The standard InChI is InChI=1S/C15H17F11O4.4CH4.FH/c1-3-7(4-6(2)9(27)28)10(29)30-5-8(16)12(19,20)14(23,24)15(25,26)13(21,22)11(17)18;;;;;/h6-8,11H,3-5H2,1-2H3,(H,27,28);4*1H4;1H. The second kappa shape index (κ2) is 16.0. The Labute approximate surface area is 196 Å². The summed E-state index contributed by atoms with van der Waals surface area (Å²) in [5, 5.41) is 8.72. The predicted molar refractivity (Wildman–Crippen MR) is 106 cm³/mol. The van der Waals surface area contributed by atoms with E-state index in [4.69, 9.17) is 5.11 Å². The van der Waals surface area contributed by atoms with E-state index in [1.165, 1.54) is 6.92 Å². The van der Waals surface area contributed by atoms with Crippen LogP contribution >= 0.6 is 0 Å². The third-order valence-electron chi connectivity index (χ3n) is 4.16. The monoisotopic (exact) mass is 554 g/mol. The molecule has 3 atom stereocenters. The van der Waals surface area contributed by atoms with Gasteiger partial charge in [0.15, 0.2) is 0 Å². The molecule has 0 aromatic heterocycles. The number of aliphatic carboxylic acids is 1. The van der Waals surface area contributed by atoms with Crippen molar-refractivity contribution in [1.29, 1.82) is 0 Å². The van der Waals surface area contributed by atoms with Gasteiger partial charge < -0.3 is 9.84 Å². The molecule has 16 heteroatoms. The maximum Gasteiger partial charge on any atom is 0.384 e. The molecule has 0 aliphatic carbocycles. The molecule has 0 saturated heterocycles. The van der Waals surface area contributed by atoms with E-state index in [0.717, 1.165) is 6.92 Å². The topological polar surface area (TPSA) is 63.6 Å². The molecule has 0 fully saturated rings. The van der Waals surface area contributed by atoms with Crippen LogP contribution in [0.4, 0.5) is 53.0 Å². The maximum atomic E-state index is 13.5. The van der Waals surface area contributed by atoms with Crippen molar-refractivity contribution in [2.75, 3.05) is 6.61 Å². The molecule has 218 valence electrons. The molecule has 0 radical (unpaired) electrons. The SMILES string of the molecule is C.C.C.C.CCC(CC(C)C(=O)O)C(=O)OCC(F)C(F)(F)C(F)(F)C(F)(F)C(F)(F)C(F)F.F. The van der Waals surface area contributed by atoms with Crippen molar-refractivity contribution in [3.63, 3.8) is 0 Å². The van der Waals surface area contributed by atoms with Crippen LogP contribution in [0.1, 0.15) is 56.4 Å². The molecule has 0 aliphatic heterocycles. The zero-order valence-corrected chi connectivity index (χ0v) is 15.7. The average Bonchev–Trinajstić information content (AvgIpc) is 2.62. The average molecular weight is 554 g/mol. The molecule has 0 aromatic carbocycles. The fourth-order valence-electron chi connectivity index (χ4n) is 2.09. The first-order chi connectivity index (χ1) is 13.3. The van der Waals surface area contributed by atoms with Crippen molar-refractivity contribution in [2.45, 2.75) is 92.7 Å². The van der Waals surface area contributed by atoms with E-state index in [-0.39, 0.29) is 40.8 Å². The summed E-state index contributed by atoms with van der Waals surface area (Å²) in [4.78, 5) is 22.4. The summed E-state index contributed by atoms with van der Waals surface area (Å²) in [5.74, 6) is -33.7. The zero-order chi connectivity index (χ0) is 24.3. The lowest BCUT2D eigenvalue weighted by Crippen LogP contribution is -2.66. The number of rotatable bonds is 12. The molecule has 0 spiro atoms. The van der Waals surface area contributed by atoms with Crippen LogP contribution in [0.15, 0.2) is 0 Å². The minimum Gasteiger partial charge on any atom is -0.481 e. The number of esters is 1. The van der Waals surface area contributed by atoms with Gasteiger partial charge in [0.2, 0.25) is 6.17 Å². The quantitative estimate of drug-likeness (QED) is 0.200. The molecular weight excluding hydrogens is 520 g/mol. The molecule has 0 aromatic rings. The fourth-order valence-corrected chi connectivity index (χ4v) is 2.09. The number of ether oxygens (including phenoxy) is 1. The summed E-state index contributed by atoms with van der Waals surface area (Å²) in [6.07, 6.45) is -10.6. The van der Waals surface area contributed by atoms with Crippen molar-refractivity contribution < 1.29 is 72.4 Å². The van der Waals surface area contributed by atoms with Crippen LogP contribution in [0.5, 0.6) is 0 Å². The minimum absolute atomic E-state index is 0. The number of carbonyl (C=O) groups excluding carboxylic acids is 1. The normalized spacial score (nSPS) is 14.5. The highest BCUT2D eigenvalue weighted by molar-refractivity contribution is 5.74. The highest BCUT2D eigenvalue weighted by Gasteiger charge is 2.84. The number of hydrogen-bond donors (Lipinski definition) is 1. The lowest BCUT2D eigenvalue weighted by molar-refractivity contribution is -0.391. The van der Waals surface area contributed by atoms with Crippen molar-refractivity contribution in [3.05, 3.63) is 0 Å². The summed E-state index contributed by atoms with van der Waals surface area (Å²) in [7, 11) is 0. The maximum absolute atomic E-state index is 13.5. The van der Waals surface area contributed by atoms with E-state index < -0.39 is 73.1 Å². The van der Waals surface area contributed by atoms with E-state index in [1.54, 1.807) is 0 Å². The summed E-state index contributed by atoms with van der Waals surface area (Å²) in [6, 6.07) is 0. The molecule has 0 amide bonds. The third kappa shape index (κ3) is 9.24. The lowest BCUT2D eigenvalue weighted by atomic mass is 9.93. The summed E-state index contributed by atoms with van der Waals surface area (Å²) < 4.78 is 147. The Hall–Kier alpha value is -1.90. The highest BCUT2D eigenvalue weighted by atomic mass is 19.4. The third-order valence-corrected chi connectivity index (χ3v) is 4.16. The number of alkyl halides is 11. The van der Waals surface area contributed by atoms with Crippen molar-refractivity contribution in [3.8, 4) is 0 Å². The van der Waals surface area contributed by atoms with Gasteiger partial charge in [0.25, 0.3) is 0 Å². The van der Waals surface area contributed by atoms with Crippen LogP contribution in [0.25, 0.3) is 0 Å². The Morgan fingerprint density at radius 3 is 1.51 bits per heavy atom. The predicted octanol–water partition coefficient (Wildman–Crippen LogP) is 7.51. The highest BCUT2D eigenvalue weighted by Crippen LogP contribution is 2.55. The minimum atomic E-state index is -7.37. The molecule has 35 heavy (non-hydrogen) atoms. The Morgan fingerprint density at radius 2 is 1.20 bits per heavy atom. The van der Waals surface area contributed by atoms with Crippen molar-refractivity contribution >= 4 is 11.9 Å². The van der Waals surface area contributed by atoms with E-state index in [9.17, 15) is 57.9 Å². The van der Waals surface area contributed by atoms with Gasteiger partial charge in [0.1, 0.15) is 6.61 Å². The largest absolute Gasteiger partial charge is 0.481 e. The van der Waals surface area contributed by atoms with Crippen LogP contribution < -0.4 is 0 Å². The van der Waals surface area contributed by atoms with E-state index in [0.29, 0.717) is 0 Å². The Morgan fingerprint density at radius 1 is 0.829 bits per heavy atom.